The molecule has 1 aromatic carbocycles. The van der Waals surface area contributed by atoms with E-state index in [4.69, 9.17) is 0 Å². The number of hydrogen-bond donors (Lipinski definition) is 0. The zero-order chi connectivity index (χ0) is 13.1. The Bertz CT molecular complexity index is 597. The van der Waals surface area contributed by atoms with Crippen LogP contribution < -0.4 is 0 Å². The van der Waals surface area contributed by atoms with E-state index in [1.165, 1.54) is 18.2 Å². The van der Waals surface area contributed by atoms with Crippen LogP contribution in [0.5, 0.6) is 0 Å². The Morgan fingerprint density at radius 2 is 2.00 bits per heavy atom. The number of nitrogens with zero attached hydrogens (tertiary/aromatic N) is 2. The molecule has 0 unspecified atom stereocenters. The maximum atomic E-state index is 12.7. The van der Waals surface area contributed by atoms with Gasteiger partial charge < -0.3 is 0 Å². The number of rotatable bonds is 3. The highest BCUT2D eigenvalue weighted by Crippen LogP contribution is 2.08. The Morgan fingerprint density at radius 1 is 1.33 bits per heavy atom. The molecule has 0 amide bonds. The van der Waals surface area contributed by atoms with Crippen molar-refractivity contribution in [2.45, 2.75) is 6.92 Å². The highest BCUT2D eigenvalue weighted by Gasteiger charge is 2.08. The van der Waals surface area contributed by atoms with Crippen molar-refractivity contribution in [1.29, 1.82) is 0 Å². The van der Waals surface area contributed by atoms with Gasteiger partial charge in [0.2, 0.25) is 5.78 Å². The summed E-state index contributed by atoms with van der Waals surface area (Å²) in [5.74, 6) is -0.414. The molecule has 2 rings (SSSR count). The lowest BCUT2D eigenvalue weighted by Gasteiger charge is -1.96. The second-order valence-corrected chi connectivity index (χ2v) is 4.04. The molecule has 0 aliphatic rings. The molecular formula is C14H13FN2O. The van der Waals surface area contributed by atoms with Gasteiger partial charge in [0.1, 0.15) is 11.5 Å². The van der Waals surface area contributed by atoms with Crippen LogP contribution in [0.2, 0.25) is 0 Å². The maximum Gasteiger partial charge on any atom is 0.203 e. The lowest BCUT2D eigenvalue weighted by molar-refractivity contribution is 0.103. The first kappa shape index (κ1) is 12.2. The third-order valence-electron chi connectivity index (χ3n) is 2.55. The molecule has 18 heavy (non-hydrogen) atoms. The van der Waals surface area contributed by atoms with Crippen LogP contribution in [-0.2, 0) is 7.05 Å². The Kier molecular flexibility index (Phi) is 3.37. The summed E-state index contributed by atoms with van der Waals surface area (Å²) < 4.78 is 14.3. The van der Waals surface area contributed by atoms with Gasteiger partial charge in [-0.1, -0.05) is 18.2 Å². The quantitative estimate of drug-likeness (QED) is 0.614. The highest BCUT2D eigenvalue weighted by molar-refractivity contribution is 6.05. The first-order chi connectivity index (χ1) is 8.56. The molecule has 0 aliphatic carbocycles. The zero-order valence-corrected chi connectivity index (χ0v) is 10.2. The summed E-state index contributed by atoms with van der Waals surface area (Å²) in [6, 6.07) is 7.69. The van der Waals surface area contributed by atoms with Crippen LogP contribution in [0.15, 0.2) is 36.4 Å². The molecule has 0 saturated carbocycles. The number of halogens is 1. The molecule has 1 aromatic heterocycles. The van der Waals surface area contributed by atoms with Crippen molar-refractivity contribution in [2.24, 2.45) is 7.05 Å². The van der Waals surface area contributed by atoms with Gasteiger partial charge in [-0.25, -0.2) is 4.39 Å². The Balaban J connectivity index is 2.16. The molecule has 0 aliphatic heterocycles. The van der Waals surface area contributed by atoms with E-state index in [0.29, 0.717) is 5.69 Å². The van der Waals surface area contributed by atoms with Gasteiger partial charge in [-0.2, -0.15) is 5.10 Å². The smallest absolute Gasteiger partial charge is 0.203 e. The Hall–Kier alpha value is -2.23. The molecule has 0 fully saturated rings. The van der Waals surface area contributed by atoms with Crippen molar-refractivity contribution in [3.05, 3.63) is 59.2 Å². The Labute approximate surface area is 105 Å². The summed E-state index contributed by atoms with van der Waals surface area (Å²) in [5, 5.41) is 4.11. The second-order valence-electron chi connectivity index (χ2n) is 4.04. The summed E-state index contributed by atoms with van der Waals surface area (Å²) >= 11 is 0. The number of carbonyl (C=O) groups is 1. The second kappa shape index (κ2) is 4.96. The van der Waals surface area contributed by atoms with Crippen LogP contribution >= 0.6 is 0 Å². The van der Waals surface area contributed by atoms with Crippen LogP contribution in [0.1, 0.15) is 21.7 Å². The molecule has 2 aromatic rings. The molecule has 1 heterocycles. The first-order valence-electron chi connectivity index (χ1n) is 5.55. The van der Waals surface area contributed by atoms with E-state index < -0.39 is 0 Å². The monoisotopic (exact) mass is 244 g/mol. The van der Waals surface area contributed by atoms with Crippen molar-refractivity contribution < 1.29 is 9.18 Å². The van der Waals surface area contributed by atoms with Gasteiger partial charge in [-0.15, -0.1) is 0 Å². The number of aromatic nitrogens is 2. The summed E-state index contributed by atoms with van der Waals surface area (Å²) in [6.07, 6.45) is 3.12. The number of aryl methyl sites for hydroxylation is 2. The van der Waals surface area contributed by atoms with Gasteiger partial charge in [-0.05, 0) is 36.8 Å². The van der Waals surface area contributed by atoms with E-state index in [9.17, 15) is 9.18 Å². The van der Waals surface area contributed by atoms with Crippen LogP contribution in [0, 0.1) is 12.7 Å². The van der Waals surface area contributed by atoms with E-state index in [0.717, 1.165) is 11.3 Å². The van der Waals surface area contributed by atoms with E-state index in [1.807, 2.05) is 6.92 Å². The van der Waals surface area contributed by atoms with Gasteiger partial charge in [0, 0.05) is 7.05 Å². The molecular weight excluding hydrogens is 231 g/mol. The van der Waals surface area contributed by atoms with Crippen molar-refractivity contribution in [2.75, 3.05) is 0 Å². The SMILES string of the molecule is Cc1cc(C(=O)/C=C/c2ccc(F)cc2)n(C)n1. The van der Waals surface area contributed by atoms with Gasteiger partial charge >= 0.3 is 0 Å². The number of benzene rings is 1. The summed E-state index contributed by atoms with van der Waals surface area (Å²) in [6.45, 7) is 1.83. The Morgan fingerprint density at radius 3 is 2.56 bits per heavy atom. The van der Waals surface area contributed by atoms with Gasteiger partial charge in [-0.3, -0.25) is 9.48 Å². The van der Waals surface area contributed by atoms with Crippen molar-refractivity contribution in [3.8, 4) is 0 Å². The third kappa shape index (κ3) is 2.71. The van der Waals surface area contributed by atoms with Gasteiger partial charge in [0.15, 0.2) is 0 Å². The number of hydrogen-bond acceptors (Lipinski definition) is 2. The summed E-state index contributed by atoms with van der Waals surface area (Å²) in [5.41, 5.74) is 2.12. The molecule has 3 nitrogen and oxygen atoms in total. The standard InChI is InChI=1S/C14H13FN2O/c1-10-9-13(17(2)16-10)14(18)8-5-11-3-6-12(15)7-4-11/h3-9H,1-2H3/b8-5+. The molecule has 4 heteroatoms. The van der Waals surface area contributed by atoms with Crippen LogP contribution in [0.25, 0.3) is 6.08 Å². The van der Waals surface area contributed by atoms with E-state index in [1.54, 1.807) is 36.0 Å². The molecule has 0 saturated heterocycles. The molecule has 0 atom stereocenters. The minimum atomic E-state index is -0.291. The minimum Gasteiger partial charge on any atom is -0.288 e. The summed E-state index contributed by atoms with van der Waals surface area (Å²) in [7, 11) is 1.73. The van der Waals surface area contributed by atoms with E-state index >= 15 is 0 Å². The third-order valence-corrected chi connectivity index (χ3v) is 2.55. The topological polar surface area (TPSA) is 34.9 Å². The predicted molar refractivity (Wildman–Crippen MR) is 67.7 cm³/mol. The normalized spacial score (nSPS) is 11.1. The fourth-order valence-electron chi connectivity index (χ4n) is 1.67. The molecule has 0 radical (unpaired) electrons. The summed E-state index contributed by atoms with van der Waals surface area (Å²) in [4.78, 5) is 11.9. The average Bonchev–Trinajstić information content (AvgIpc) is 2.67. The lowest BCUT2D eigenvalue weighted by Crippen LogP contribution is -2.03. The molecule has 92 valence electrons. The van der Waals surface area contributed by atoms with E-state index in [-0.39, 0.29) is 11.6 Å². The van der Waals surface area contributed by atoms with Gasteiger partial charge in [0.25, 0.3) is 0 Å². The van der Waals surface area contributed by atoms with E-state index in [2.05, 4.69) is 5.10 Å². The maximum absolute atomic E-state index is 12.7. The van der Waals surface area contributed by atoms with Crippen LogP contribution in [-0.4, -0.2) is 15.6 Å². The molecule has 0 bridgehead atoms. The van der Waals surface area contributed by atoms with Crippen molar-refractivity contribution in [1.82, 2.24) is 9.78 Å². The lowest BCUT2D eigenvalue weighted by atomic mass is 10.1. The van der Waals surface area contributed by atoms with Crippen LogP contribution in [0.3, 0.4) is 0 Å². The number of ketones is 1. The fourth-order valence-corrected chi connectivity index (χ4v) is 1.67. The number of allylic oxidation sites excluding steroid dienone is 1. The highest BCUT2D eigenvalue weighted by atomic mass is 19.1. The van der Waals surface area contributed by atoms with Crippen LogP contribution in [0.4, 0.5) is 4.39 Å². The fraction of sp³-hybridized carbons (Fsp3) is 0.143. The molecule has 0 spiro atoms. The average molecular weight is 244 g/mol. The predicted octanol–water partition coefficient (Wildman–Crippen LogP) is 2.76. The number of carbonyl (C=O) groups excluding carboxylic acids is 1. The van der Waals surface area contributed by atoms with Crippen molar-refractivity contribution >= 4 is 11.9 Å². The largest absolute Gasteiger partial charge is 0.288 e. The zero-order valence-electron chi connectivity index (χ0n) is 10.2. The first-order valence-corrected chi connectivity index (χ1v) is 5.55. The van der Waals surface area contributed by atoms with Gasteiger partial charge in [0.05, 0.1) is 5.69 Å². The van der Waals surface area contributed by atoms with Crippen molar-refractivity contribution in [3.63, 3.8) is 0 Å². The molecule has 0 N–H and O–H groups in total. The minimum absolute atomic E-state index is 0.123.